The molecule has 1 unspecified atom stereocenters. The quantitative estimate of drug-likeness (QED) is 0.769. The van der Waals surface area contributed by atoms with Crippen molar-refractivity contribution in [3.63, 3.8) is 0 Å². The number of nitrogens with two attached hydrogens (primary N) is 1. The molecule has 0 spiro atoms. The van der Waals surface area contributed by atoms with Crippen LogP contribution in [0.3, 0.4) is 0 Å². The highest BCUT2D eigenvalue weighted by molar-refractivity contribution is 4.78. The third-order valence-electron chi connectivity index (χ3n) is 4.09. The van der Waals surface area contributed by atoms with Crippen molar-refractivity contribution in [3.8, 4) is 0 Å². The zero-order valence-corrected chi connectivity index (χ0v) is 12.2. The van der Waals surface area contributed by atoms with Gasteiger partial charge in [0.25, 0.3) is 0 Å². The standard InChI is InChI=1S/C14H31N3/c1-14(2,12-15)8-6-10-17-9-5-7-13(11-17)16(3)4/h13H,5-12,15H2,1-4H3. The first-order valence-corrected chi connectivity index (χ1v) is 7.03. The average molecular weight is 241 g/mol. The van der Waals surface area contributed by atoms with Gasteiger partial charge in [-0.05, 0) is 64.8 Å². The van der Waals surface area contributed by atoms with Crippen molar-refractivity contribution in [2.75, 3.05) is 40.3 Å². The van der Waals surface area contributed by atoms with Gasteiger partial charge in [0.1, 0.15) is 0 Å². The Bertz CT molecular complexity index is 214. The van der Waals surface area contributed by atoms with Crippen molar-refractivity contribution in [1.29, 1.82) is 0 Å². The second kappa shape index (κ2) is 6.72. The normalized spacial score (nSPS) is 23.3. The van der Waals surface area contributed by atoms with E-state index in [1.165, 1.54) is 45.3 Å². The van der Waals surface area contributed by atoms with Crippen LogP contribution in [0.2, 0.25) is 0 Å². The van der Waals surface area contributed by atoms with Crippen molar-refractivity contribution in [1.82, 2.24) is 9.80 Å². The van der Waals surface area contributed by atoms with Crippen LogP contribution in [0.25, 0.3) is 0 Å². The first-order chi connectivity index (χ1) is 7.94. The molecule has 0 amide bonds. The maximum atomic E-state index is 5.77. The summed E-state index contributed by atoms with van der Waals surface area (Å²) < 4.78 is 0. The molecule has 2 N–H and O–H groups in total. The molecule has 1 rings (SSSR count). The van der Waals surface area contributed by atoms with Gasteiger partial charge in [0, 0.05) is 12.6 Å². The van der Waals surface area contributed by atoms with Gasteiger partial charge in [-0.15, -0.1) is 0 Å². The molecule has 0 aromatic carbocycles. The lowest BCUT2D eigenvalue weighted by Gasteiger charge is -2.36. The largest absolute Gasteiger partial charge is 0.330 e. The predicted molar refractivity (Wildman–Crippen MR) is 75.2 cm³/mol. The van der Waals surface area contributed by atoms with Crippen molar-refractivity contribution in [2.24, 2.45) is 11.1 Å². The lowest BCUT2D eigenvalue weighted by Crippen LogP contribution is -2.45. The number of nitrogens with zero attached hydrogens (tertiary/aromatic N) is 2. The highest BCUT2D eigenvalue weighted by Crippen LogP contribution is 2.21. The van der Waals surface area contributed by atoms with E-state index in [2.05, 4.69) is 37.7 Å². The fraction of sp³-hybridized carbons (Fsp3) is 1.00. The minimum atomic E-state index is 0.316. The Hall–Kier alpha value is -0.120. The highest BCUT2D eigenvalue weighted by Gasteiger charge is 2.22. The summed E-state index contributed by atoms with van der Waals surface area (Å²) in [6.07, 6.45) is 5.23. The molecule has 3 nitrogen and oxygen atoms in total. The lowest BCUT2D eigenvalue weighted by molar-refractivity contribution is 0.128. The van der Waals surface area contributed by atoms with E-state index in [4.69, 9.17) is 5.73 Å². The minimum absolute atomic E-state index is 0.316. The van der Waals surface area contributed by atoms with Crippen LogP contribution in [0.4, 0.5) is 0 Å². The molecule has 102 valence electrons. The molecular weight excluding hydrogens is 210 g/mol. The number of hydrogen-bond donors (Lipinski definition) is 1. The number of likely N-dealkylation sites (N-methyl/N-ethyl adjacent to an activating group) is 1. The van der Waals surface area contributed by atoms with E-state index in [-0.39, 0.29) is 0 Å². The van der Waals surface area contributed by atoms with Crippen LogP contribution < -0.4 is 5.73 Å². The van der Waals surface area contributed by atoms with E-state index in [1.807, 2.05) is 0 Å². The third-order valence-corrected chi connectivity index (χ3v) is 4.09. The SMILES string of the molecule is CN(C)C1CCCN(CCCC(C)(C)CN)C1. The van der Waals surface area contributed by atoms with E-state index in [9.17, 15) is 0 Å². The Morgan fingerprint density at radius 1 is 1.35 bits per heavy atom. The number of likely N-dealkylation sites (tertiary alicyclic amines) is 1. The van der Waals surface area contributed by atoms with E-state index < -0.39 is 0 Å². The van der Waals surface area contributed by atoms with Crippen molar-refractivity contribution in [2.45, 2.75) is 45.6 Å². The van der Waals surface area contributed by atoms with Gasteiger partial charge in [0.05, 0.1) is 0 Å². The predicted octanol–water partition coefficient (Wildman–Crippen LogP) is 1.78. The van der Waals surface area contributed by atoms with Crippen LogP contribution in [-0.4, -0.2) is 56.1 Å². The summed E-state index contributed by atoms with van der Waals surface area (Å²) in [5.74, 6) is 0. The van der Waals surface area contributed by atoms with Crippen LogP contribution in [0, 0.1) is 5.41 Å². The summed E-state index contributed by atoms with van der Waals surface area (Å²) in [5, 5.41) is 0. The summed E-state index contributed by atoms with van der Waals surface area (Å²) in [7, 11) is 4.40. The Labute approximate surface area is 107 Å². The molecule has 0 aliphatic carbocycles. The molecule has 1 aliphatic rings. The van der Waals surface area contributed by atoms with Crippen LogP contribution in [0.15, 0.2) is 0 Å². The minimum Gasteiger partial charge on any atom is -0.330 e. The molecule has 1 aliphatic heterocycles. The van der Waals surface area contributed by atoms with Gasteiger partial charge in [-0.3, -0.25) is 0 Å². The molecule has 1 heterocycles. The van der Waals surface area contributed by atoms with Gasteiger partial charge in [-0.1, -0.05) is 13.8 Å². The van der Waals surface area contributed by atoms with Crippen molar-refractivity contribution >= 4 is 0 Å². The van der Waals surface area contributed by atoms with Gasteiger partial charge >= 0.3 is 0 Å². The van der Waals surface area contributed by atoms with Crippen LogP contribution in [0.1, 0.15) is 39.5 Å². The molecular formula is C14H31N3. The zero-order chi connectivity index (χ0) is 12.9. The van der Waals surface area contributed by atoms with Gasteiger partial charge in [0.2, 0.25) is 0 Å². The molecule has 1 saturated heterocycles. The smallest absolute Gasteiger partial charge is 0.0217 e. The van der Waals surface area contributed by atoms with Gasteiger partial charge in [-0.2, -0.15) is 0 Å². The van der Waals surface area contributed by atoms with Gasteiger partial charge < -0.3 is 15.5 Å². The van der Waals surface area contributed by atoms with Crippen LogP contribution in [-0.2, 0) is 0 Å². The van der Waals surface area contributed by atoms with E-state index in [1.54, 1.807) is 0 Å². The van der Waals surface area contributed by atoms with Crippen molar-refractivity contribution < 1.29 is 0 Å². The fourth-order valence-corrected chi connectivity index (χ4v) is 2.54. The second-order valence-electron chi connectivity index (χ2n) is 6.53. The summed E-state index contributed by atoms with van der Waals surface area (Å²) in [4.78, 5) is 5.00. The van der Waals surface area contributed by atoms with E-state index in [0.29, 0.717) is 5.41 Å². The van der Waals surface area contributed by atoms with Gasteiger partial charge in [-0.25, -0.2) is 0 Å². The number of rotatable bonds is 6. The Balaban J connectivity index is 2.23. The van der Waals surface area contributed by atoms with Crippen molar-refractivity contribution in [3.05, 3.63) is 0 Å². The molecule has 3 heteroatoms. The summed E-state index contributed by atoms with van der Waals surface area (Å²) in [6.45, 7) is 9.11. The zero-order valence-electron chi connectivity index (χ0n) is 12.2. The van der Waals surface area contributed by atoms with E-state index in [0.717, 1.165) is 12.6 Å². The third kappa shape index (κ3) is 5.36. The molecule has 17 heavy (non-hydrogen) atoms. The maximum absolute atomic E-state index is 5.77. The van der Waals surface area contributed by atoms with Gasteiger partial charge in [0.15, 0.2) is 0 Å². The molecule has 1 atom stereocenters. The average Bonchev–Trinajstić information content (AvgIpc) is 2.29. The molecule has 1 fully saturated rings. The second-order valence-corrected chi connectivity index (χ2v) is 6.53. The lowest BCUT2D eigenvalue weighted by atomic mass is 9.88. The summed E-state index contributed by atoms with van der Waals surface area (Å²) in [6, 6.07) is 0.756. The molecule has 0 bridgehead atoms. The molecule has 0 radical (unpaired) electrons. The monoisotopic (exact) mass is 241 g/mol. The first kappa shape index (κ1) is 14.9. The molecule has 0 aromatic heterocycles. The Morgan fingerprint density at radius 2 is 2.06 bits per heavy atom. The topological polar surface area (TPSA) is 32.5 Å². The van der Waals surface area contributed by atoms with Crippen LogP contribution >= 0.6 is 0 Å². The number of hydrogen-bond acceptors (Lipinski definition) is 3. The van der Waals surface area contributed by atoms with E-state index >= 15 is 0 Å². The highest BCUT2D eigenvalue weighted by atomic mass is 15.2. The Morgan fingerprint density at radius 3 is 2.65 bits per heavy atom. The molecule has 0 aromatic rings. The maximum Gasteiger partial charge on any atom is 0.0217 e. The Kier molecular flexibility index (Phi) is 5.90. The number of piperidine rings is 1. The summed E-state index contributed by atoms with van der Waals surface area (Å²) >= 11 is 0. The molecule has 0 saturated carbocycles. The summed E-state index contributed by atoms with van der Waals surface area (Å²) in [5.41, 5.74) is 6.08. The first-order valence-electron chi connectivity index (χ1n) is 7.03. The fourth-order valence-electron chi connectivity index (χ4n) is 2.54. The van der Waals surface area contributed by atoms with Crippen LogP contribution in [0.5, 0.6) is 0 Å².